The van der Waals surface area contributed by atoms with Gasteiger partial charge in [0, 0.05) is 11.4 Å². The Morgan fingerprint density at radius 1 is 1.04 bits per heavy atom. The van der Waals surface area contributed by atoms with Crippen LogP contribution in [0.1, 0.15) is 17.5 Å². The van der Waals surface area contributed by atoms with E-state index in [1.165, 1.54) is 0 Å². The molecule has 2 aromatic carbocycles. The highest BCUT2D eigenvalue weighted by molar-refractivity contribution is 7.92. The second-order valence-corrected chi connectivity index (χ2v) is 7.62. The molecule has 0 atom stereocenters. The highest BCUT2D eigenvalue weighted by atomic mass is 32.2. The Hall–Kier alpha value is -2.54. The van der Waals surface area contributed by atoms with Crippen LogP contribution in [0.4, 0.5) is 11.4 Å². The SMILES string of the molecule is Cc1ccc(C)c(OCCC(=O)Nc2ccc(NS(C)(=O)=O)cc2)c1. The predicted octanol–water partition coefficient (Wildman–Crippen LogP) is 3.08. The third kappa shape index (κ3) is 6.46. The summed E-state index contributed by atoms with van der Waals surface area (Å²) in [5.41, 5.74) is 3.17. The Morgan fingerprint density at radius 3 is 2.32 bits per heavy atom. The summed E-state index contributed by atoms with van der Waals surface area (Å²) >= 11 is 0. The average molecular weight is 362 g/mol. The number of carbonyl (C=O) groups excluding carboxylic acids is 1. The van der Waals surface area contributed by atoms with Crippen LogP contribution < -0.4 is 14.8 Å². The Bertz CT molecular complexity index is 846. The molecule has 0 saturated heterocycles. The van der Waals surface area contributed by atoms with Crippen molar-refractivity contribution in [3.8, 4) is 5.75 Å². The van der Waals surface area contributed by atoms with Crippen molar-refractivity contribution in [3.05, 3.63) is 53.6 Å². The molecule has 2 rings (SSSR count). The molecule has 6 nitrogen and oxygen atoms in total. The summed E-state index contributed by atoms with van der Waals surface area (Å²) in [6.45, 7) is 4.23. The molecule has 0 bridgehead atoms. The van der Waals surface area contributed by atoms with Gasteiger partial charge in [-0.2, -0.15) is 0 Å². The number of amides is 1. The van der Waals surface area contributed by atoms with E-state index < -0.39 is 10.0 Å². The lowest BCUT2D eigenvalue weighted by Gasteiger charge is -2.10. The summed E-state index contributed by atoms with van der Waals surface area (Å²) < 4.78 is 30.3. The highest BCUT2D eigenvalue weighted by Gasteiger charge is 2.06. The predicted molar refractivity (Wildman–Crippen MR) is 99.6 cm³/mol. The van der Waals surface area contributed by atoms with Crippen molar-refractivity contribution in [3.63, 3.8) is 0 Å². The van der Waals surface area contributed by atoms with Crippen LogP contribution in [0.15, 0.2) is 42.5 Å². The Balaban J connectivity index is 1.83. The van der Waals surface area contributed by atoms with Crippen LogP contribution >= 0.6 is 0 Å². The van der Waals surface area contributed by atoms with E-state index in [0.29, 0.717) is 11.4 Å². The first kappa shape index (κ1) is 18.8. The van der Waals surface area contributed by atoms with Gasteiger partial charge in [-0.15, -0.1) is 0 Å². The third-order valence-electron chi connectivity index (χ3n) is 3.40. The van der Waals surface area contributed by atoms with Gasteiger partial charge in [-0.3, -0.25) is 9.52 Å². The first-order chi connectivity index (χ1) is 11.7. The molecular formula is C18H22N2O4S. The molecule has 2 N–H and O–H groups in total. The van der Waals surface area contributed by atoms with E-state index in [0.717, 1.165) is 23.1 Å². The quantitative estimate of drug-likeness (QED) is 0.793. The first-order valence-corrected chi connectivity index (χ1v) is 9.70. The molecule has 7 heteroatoms. The fraction of sp³-hybridized carbons (Fsp3) is 0.278. The zero-order valence-corrected chi connectivity index (χ0v) is 15.3. The van der Waals surface area contributed by atoms with E-state index in [2.05, 4.69) is 10.0 Å². The zero-order valence-electron chi connectivity index (χ0n) is 14.5. The fourth-order valence-electron chi connectivity index (χ4n) is 2.18. The number of nitrogens with one attached hydrogen (secondary N) is 2. The summed E-state index contributed by atoms with van der Waals surface area (Å²) in [5, 5.41) is 2.75. The number of rotatable bonds is 7. The van der Waals surface area contributed by atoms with E-state index >= 15 is 0 Å². The van der Waals surface area contributed by atoms with Crippen LogP contribution in [0.5, 0.6) is 5.75 Å². The Kier molecular flexibility index (Phi) is 6.03. The maximum Gasteiger partial charge on any atom is 0.229 e. The maximum atomic E-state index is 12.0. The summed E-state index contributed by atoms with van der Waals surface area (Å²) in [6.07, 6.45) is 1.30. The van der Waals surface area contributed by atoms with Crippen molar-refractivity contribution >= 4 is 27.3 Å². The molecule has 0 aromatic heterocycles. The normalized spacial score (nSPS) is 11.0. The number of anilines is 2. The van der Waals surface area contributed by atoms with Crippen molar-refractivity contribution in [1.29, 1.82) is 0 Å². The lowest BCUT2D eigenvalue weighted by Crippen LogP contribution is -2.15. The lowest BCUT2D eigenvalue weighted by molar-refractivity contribution is -0.116. The van der Waals surface area contributed by atoms with Crippen LogP contribution in [0.3, 0.4) is 0 Å². The van der Waals surface area contributed by atoms with Gasteiger partial charge in [0.05, 0.1) is 19.3 Å². The van der Waals surface area contributed by atoms with Crippen molar-refractivity contribution in [2.75, 3.05) is 22.9 Å². The van der Waals surface area contributed by atoms with Crippen LogP contribution in [0.2, 0.25) is 0 Å². The molecule has 0 saturated carbocycles. The Morgan fingerprint density at radius 2 is 1.68 bits per heavy atom. The largest absolute Gasteiger partial charge is 0.493 e. The van der Waals surface area contributed by atoms with Gasteiger partial charge >= 0.3 is 0 Å². The van der Waals surface area contributed by atoms with E-state index in [-0.39, 0.29) is 18.9 Å². The Labute approximate surface area is 148 Å². The summed E-state index contributed by atoms with van der Waals surface area (Å²) in [6, 6.07) is 12.4. The van der Waals surface area contributed by atoms with Crippen molar-refractivity contribution in [2.45, 2.75) is 20.3 Å². The monoisotopic (exact) mass is 362 g/mol. The van der Waals surface area contributed by atoms with Crippen LogP contribution in [0.25, 0.3) is 0 Å². The molecule has 0 heterocycles. The van der Waals surface area contributed by atoms with Gasteiger partial charge in [0.2, 0.25) is 15.9 Å². The van der Waals surface area contributed by atoms with E-state index in [9.17, 15) is 13.2 Å². The van der Waals surface area contributed by atoms with Gasteiger partial charge in [-0.25, -0.2) is 8.42 Å². The minimum Gasteiger partial charge on any atom is -0.493 e. The van der Waals surface area contributed by atoms with Gasteiger partial charge in [-0.05, 0) is 55.3 Å². The first-order valence-electron chi connectivity index (χ1n) is 7.81. The smallest absolute Gasteiger partial charge is 0.229 e. The average Bonchev–Trinajstić information content (AvgIpc) is 2.51. The van der Waals surface area contributed by atoms with Crippen molar-refractivity contribution in [1.82, 2.24) is 0 Å². The van der Waals surface area contributed by atoms with E-state index in [1.807, 2.05) is 32.0 Å². The second-order valence-electron chi connectivity index (χ2n) is 5.87. The molecule has 0 aliphatic rings. The summed E-state index contributed by atoms with van der Waals surface area (Å²) in [4.78, 5) is 12.0. The molecule has 0 spiro atoms. The van der Waals surface area contributed by atoms with Gasteiger partial charge in [0.25, 0.3) is 0 Å². The minimum absolute atomic E-state index is 0.172. The number of carbonyl (C=O) groups is 1. The summed E-state index contributed by atoms with van der Waals surface area (Å²) in [7, 11) is -3.31. The number of aryl methyl sites for hydroxylation is 2. The van der Waals surface area contributed by atoms with E-state index in [4.69, 9.17) is 4.74 Å². The van der Waals surface area contributed by atoms with Crippen molar-refractivity contribution in [2.24, 2.45) is 0 Å². The molecule has 0 unspecified atom stereocenters. The highest BCUT2D eigenvalue weighted by Crippen LogP contribution is 2.19. The molecule has 0 radical (unpaired) electrons. The second kappa shape index (κ2) is 8.02. The van der Waals surface area contributed by atoms with Gasteiger partial charge in [0.15, 0.2) is 0 Å². The number of sulfonamides is 1. The van der Waals surface area contributed by atoms with Crippen LogP contribution in [-0.4, -0.2) is 27.2 Å². The molecule has 25 heavy (non-hydrogen) atoms. The maximum absolute atomic E-state index is 12.0. The number of benzene rings is 2. The van der Waals surface area contributed by atoms with Gasteiger partial charge in [0.1, 0.15) is 5.75 Å². The van der Waals surface area contributed by atoms with Gasteiger partial charge in [-0.1, -0.05) is 12.1 Å². The molecule has 0 fully saturated rings. The van der Waals surface area contributed by atoms with Crippen LogP contribution in [-0.2, 0) is 14.8 Å². The summed E-state index contributed by atoms with van der Waals surface area (Å²) in [5.74, 6) is 0.609. The topological polar surface area (TPSA) is 84.5 Å². The van der Waals surface area contributed by atoms with E-state index in [1.54, 1.807) is 24.3 Å². The molecule has 0 aliphatic carbocycles. The van der Waals surface area contributed by atoms with Crippen LogP contribution in [0, 0.1) is 13.8 Å². The third-order valence-corrected chi connectivity index (χ3v) is 4.01. The minimum atomic E-state index is -3.31. The molecule has 1 amide bonds. The molecule has 134 valence electrons. The molecule has 2 aromatic rings. The van der Waals surface area contributed by atoms with Crippen molar-refractivity contribution < 1.29 is 17.9 Å². The number of hydrogen-bond donors (Lipinski definition) is 2. The molecule has 0 aliphatic heterocycles. The standard InChI is InChI=1S/C18H22N2O4S/c1-13-4-5-14(2)17(12-13)24-11-10-18(21)19-15-6-8-16(9-7-15)20-25(3,22)23/h4-9,12,20H,10-11H2,1-3H3,(H,19,21). The zero-order chi connectivity index (χ0) is 18.4. The molecular weight excluding hydrogens is 340 g/mol. The number of hydrogen-bond acceptors (Lipinski definition) is 4. The lowest BCUT2D eigenvalue weighted by atomic mass is 10.1. The van der Waals surface area contributed by atoms with Gasteiger partial charge < -0.3 is 10.1 Å². The fourth-order valence-corrected chi connectivity index (χ4v) is 2.74. The number of ether oxygens (including phenoxy) is 1.